The molecule has 3 nitrogen and oxygen atoms in total. The largest absolute Gasteiger partial charge is 0.461 e. The van der Waals surface area contributed by atoms with Gasteiger partial charge in [-0.2, -0.15) is 0 Å². The summed E-state index contributed by atoms with van der Waals surface area (Å²) in [6, 6.07) is 17.0. The molecule has 0 aromatic heterocycles. The molecule has 1 fully saturated rings. The van der Waals surface area contributed by atoms with Gasteiger partial charge >= 0.3 is 5.97 Å². The van der Waals surface area contributed by atoms with Crippen LogP contribution in [0.15, 0.2) is 65.2 Å². The summed E-state index contributed by atoms with van der Waals surface area (Å²) in [4.78, 5) is 12.4. The standard InChI is InChI=1S/C21H20Cl2O3/c1-21(2)17(12-18(22)23)19(21)20(24)25-13-14-7-6-10-16(11-14)26-15-8-4-3-5-9-15/h3-12,17,19H,13H2,1-2H3/t17-,19+/m1/s1. The number of ether oxygens (including phenoxy) is 2. The lowest BCUT2D eigenvalue weighted by Crippen LogP contribution is -2.10. The van der Waals surface area contributed by atoms with E-state index in [0.29, 0.717) is 5.75 Å². The Labute approximate surface area is 163 Å². The van der Waals surface area contributed by atoms with Gasteiger partial charge in [-0.25, -0.2) is 0 Å². The summed E-state index contributed by atoms with van der Waals surface area (Å²) in [6.45, 7) is 4.21. The van der Waals surface area contributed by atoms with E-state index in [1.165, 1.54) is 0 Å². The smallest absolute Gasteiger partial charge is 0.310 e. The van der Waals surface area contributed by atoms with Crippen molar-refractivity contribution in [3.63, 3.8) is 0 Å². The average Bonchev–Trinajstić information content (AvgIpc) is 3.13. The topological polar surface area (TPSA) is 35.5 Å². The maximum Gasteiger partial charge on any atom is 0.310 e. The van der Waals surface area contributed by atoms with Crippen LogP contribution < -0.4 is 4.74 Å². The Balaban J connectivity index is 1.59. The third-order valence-corrected chi connectivity index (χ3v) is 4.98. The number of allylic oxidation sites excluding steroid dienone is 1. The van der Waals surface area contributed by atoms with E-state index in [1.54, 1.807) is 6.08 Å². The van der Waals surface area contributed by atoms with Gasteiger partial charge in [0, 0.05) is 0 Å². The zero-order chi connectivity index (χ0) is 18.7. The van der Waals surface area contributed by atoms with Crippen LogP contribution in [0.25, 0.3) is 0 Å². The van der Waals surface area contributed by atoms with Crippen molar-refractivity contribution >= 4 is 29.2 Å². The Bertz CT molecular complexity index is 811. The van der Waals surface area contributed by atoms with Crippen molar-refractivity contribution in [2.45, 2.75) is 20.5 Å². The van der Waals surface area contributed by atoms with E-state index in [1.807, 2.05) is 68.4 Å². The third kappa shape index (κ3) is 4.40. The van der Waals surface area contributed by atoms with Gasteiger partial charge in [0.2, 0.25) is 0 Å². The maximum atomic E-state index is 12.4. The number of carbonyl (C=O) groups is 1. The Kier molecular flexibility index (Phi) is 5.59. The Morgan fingerprint density at radius 1 is 1.08 bits per heavy atom. The summed E-state index contributed by atoms with van der Waals surface area (Å²) >= 11 is 11.5. The number of para-hydroxylation sites is 1. The molecule has 26 heavy (non-hydrogen) atoms. The molecule has 1 aliphatic rings. The Morgan fingerprint density at radius 3 is 2.46 bits per heavy atom. The molecule has 0 amide bonds. The average molecular weight is 391 g/mol. The first kappa shape index (κ1) is 18.8. The van der Waals surface area contributed by atoms with Gasteiger partial charge in [-0.1, -0.05) is 67.4 Å². The van der Waals surface area contributed by atoms with Crippen LogP contribution in [-0.2, 0) is 16.1 Å². The number of carbonyl (C=O) groups excluding carboxylic acids is 1. The van der Waals surface area contributed by atoms with E-state index >= 15 is 0 Å². The fraction of sp³-hybridized carbons (Fsp3) is 0.286. The van der Waals surface area contributed by atoms with Gasteiger partial charge < -0.3 is 9.47 Å². The molecule has 0 heterocycles. The second kappa shape index (κ2) is 7.73. The van der Waals surface area contributed by atoms with Gasteiger partial charge in [-0.15, -0.1) is 0 Å². The number of hydrogen-bond acceptors (Lipinski definition) is 3. The van der Waals surface area contributed by atoms with Gasteiger partial charge in [0.15, 0.2) is 0 Å². The predicted octanol–water partition coefficient (Wildman–Crippen LogP) is 6.11. The van der Waals surface area contributed by atoms with Crippen LogP contribution in [0.1, 0.15) is 19.4 Å². The molecular weight excluding hydrogens is 371 g/mol. The Morgan fingerprint density at radius 2 is 1.77 bits per heavy atom. The van der Waals surface area contributed by atoms with Crippen LogP contribution >= 0.6 is 23.2 Å². The molecule has 0 radical (unpaired) electrons. The summed E-state index contributed by atoms with van der Waals surface area (Å²) in [5.41, 5.74) is 0.678. The molecule has 2 atom stereocenters. The number of benzene rings is 2. The molecule has 5 heteroatoms. The van der Waals surface area contributed by atoms with Crippen molar-refractivity contribution in [3.05, 3.63) is 70.7 Å². The van der Waals surface area contributed by atoms with Crippen LogP contribution in [0.5, 0.6) is 11.5 Å². The number of esters is 1. The zero-order valence-electron chi connectivity index (χ0n) is 14.6. The van der Waals surface area contributed by atoms with Gasteiger partial charge in [-0.05, 0) is 47.2 Å². The van der Waals surface area contributed by atoms with Crippen LogP contribution in [0.4, 0.5) is 0 Å². The first-order chi connectivity index (χ1) is 12.4. The highest BCUT2D eigenvalue weighted by Gasteiger charge is 2.61. The summed E-state index contributed by atoms with van der Waals surface area (Å²) in [5.74, 6) is 1.01. The van der Waals surface area contributed by atoms with Gasteiger partial charge in [0.1, 0.15) is 22.6 Å². The number of hydrogen-bond donors (Lipinski definition) is 0. The highest BCUT2D eigenvalue weighted by molar-refractivity contribution is 6.55. The van der Waals surface area contributed by atoms with Crippen molar-refractivity contribution in [1.82, 2.24) is 0 Å². The van der Waals surface area contributed by atoms with Crippen molar-refractivity contribution in [3.8, 4) is 11.5 Å². The molecule has 0 saturated heterocycles. The predicted molar refractivity (Wildman–Crippen MR) is 103 cm³/mol. The van der Waals surface area contributed by atoms with Crippen LogP contribution in [0.3, 0.4) is 0 Å². The molecule has 0 spiro atoms. The van der Waals surface area contributed by atoms with Crippen molar-refractivity contribution in [1.29, 1.82) is 0 Å². The summed E-state index contributed by atoms with van der Waals surface area (Å²) < 4.78 is 11.5. The lowest BCUT2D eigenvalue weighted by molar-refractivity contribution is -0.147. The molecule has 0 N–H and O–H groups in total. The minimum atomic E-state index is -0.236. The monoisotopic (exact) mass is 390 g/mol. The van der Waals surface area contributed by atoms with Crippen molar-refractivity contribution < 1.29 is 14.3 Å². The normalized spacial score (nSPS) is 20.2. The van der Waals surface area contributed by atoms with Crippen LogP contribution in [-0.4, -0.2) is 5.97 Å². The summed E-state index contributed by atoms with van der Waals surface area (Å²) in [5, 5.41) is 0. The molecule has 0 aliphatic heterocycles. The molecule has 0 unspecified atom stereocenters. The van der Waals surface area contributed by atoms with E-state index in [4.69, 9.17) is 32.7 Å². The highest BCUT2D eigenvalue weighted by atomic mass is 35.5. The molecular formula is C21H20Cl2O3. The molecule has 1 saturated carbocycles. The second-order valence-corrected chi connectivity index (χ2v) is 7.96. The molecule has 2 aromatic carbocycles. The molecule has 2 aromatic rings. The van der Waals surface area contributed by atoms with E-state index in [2.05, 4.69) is 0 Å². The van der Waals surface area contributed by atoms with Crippen LogP contribution in [0, 0.1) is 17.3 Å². The van der Waals surface area contributed by atoms with Crippen LogP contribution in [0.2, 0.25) is 0 Å². The first-order valence-electron chi connectivity index (χ1n) is 8.39. The second-order valence-electron chi connectivity index (χ2n) is 6.95. The summed E-state index contributed by atoms with van der Waals surface area (Å²) in [6.07, 6.45) is 1.71. The quantitative estimate of drug-likeness (QED) is 0.557. The highest BCUT2D eigenvalue weighted by Crippen LogP contribution is 2.60. The van der Waals surface area contributed by atoms with E-state index in [9.17, 15) is 4.79 Å². The molecule has 1 aliphatic carbocycles. The summed E-state index contributed by atoms with van der Waals surface area (Å²) in [7, 11) is 0. The molecule has 3 rings (SSSR count). The third-order valence-electron chi connectivity index (χ3n) is 4.73. The lowest BCUT2D eigenvalue weighted by atomic mass is 10.1. The van der Waals surface area contributed by atoms with E-state index in [-0.39, 0.29) is 34.3 Å². The van der Waals surface area contributed by atoms with Gasteiger partial charge in [-0.3, -0.25) is 4.79 Å². The van der Waals surface area contributed by atoms with Gasteiger partial charge in [0.25, 0.3) is 0 Å². The molecule has 0 bridgehead atoms. The zero-order valence-corrected chi connectivity index (χ0v) is 16.1. The van der Waals surface area contributed by atoms with Crippen molar-refractivity contribution in [2.24, 2.45) is 17.3 Å². The van der Waals surface area contributed by atoms with Gasteiger partial charge in [0.05, 0.1) is 5.92 Å². The van der Waals surface area contributed by atoms with Crippen molar-refractivity contribution in [2.75, 3.05) is 0 Å². The Hall–Kier alpha value is -1.97. The molecule has 136 valence electrons. The first-order valence-corrected chi connectivity index (χ1v) is 9.15. The number of halogens is 2. The maximum absolute atomic E-state index is 12.4. The van der Waals surface area contributed by atoms with E-state index in [0.717, 1.165) is 11.3 Å². The SMILES string of the molecule is CC1(C)[C@H](C=C(Cl)Cl)[C@H]1C(=O)OCc1cccc(Oc2ccccc2)c1. The van der Waals surface area contributed by atoms with E-state index < -0.39 is 0 Å². The minimum Gasteiger partial charge on any atom is -0.461 e. The lowest BCUT2D eigenvalue weighted by Gasteiger charge is -2.09. The number of rotatable bonds is 6. The fourth-order valence-electron chi connectivity index (χ4n) is 3.14. The fourth-order valence-corrected chi connectivity index (χ4v) is 3.41. The minimum absolute atomic E-state index is 0.00717.